The molecule has 0 spiro atoms. The standard InChI is InChI=1S/C10H12F8/c1-7(2,3)5-4-6(11)8(12,13)9(14,15)10(16,17)18/h4H,5H2,1-3H3. The lowest BCUT2D eigenvalue weighted by Gasteiger charge is -2.27. The van der Waals surface area contributed by atoms with E-state index in [4.69, 9.17) is 0 Å². The molecule has 0 fully saturated rings. The van der Waals surface area contributed by atoms with E-state index in [0.29, 0.717) is 0 Å². The third-order valence-electron chi connectivity index (χ3n) is 1.94. The van der Waals surface area contributed by atoms with Gasteiger partial charge < -0.3 is 0 Å². The van der Waals surface area contributed by atoms with Gasteiger partial charge in [-0.25, -0.2) is 4.39 Å². The Balaban J connectivity index is 5.27. The number of rotatable bonds is 3. The molecule has 0 unspecified atom stereocenters. The molecule has 0 saturated carbocycles. The van der Waals surface area contributed by atoms with E-state index in [-0.39, 0.29) is 6.08 Å². The highest BCUT2D eigenvalue weighted by Gasteiger charge is 2.74. The number of allylic oxidation sites excluding steroid dienone is 2. The molecule has 0 bridgehead atoms. The van der Waals surface area contributed by atoms with Crippen molar-refractivity contribution < 1.29 is 35.1 Å². The average Bonchev–Trinajstić information content (AvgIpc) is 2.10. The molecule has 18 heavy (non-hydrogen) atoms. The summed E-state index contributed by atoms with van der Waals surface area (Å²) in [5, 5.41) is 0. The highest BCUT2D eigenvalue weighted by atomic mass is 19.4. The van der Waals surface area contributed by atoms with Gasteiger partial charge in [-0.2, -0.15) is 30.7 Å². The first kappa shape index (κ1) is 17.2. The van der Waals surface area contributed by atoms with Gasteiger partial charge in [-0.1, -0.05) is 20.8 Å². The Morgan fingerprint density at radius 1 is 0.889 bits per heavy atom. The van der Waals surface area contributed by atoms with Gasteiger partial charge in [0.1, 0.15) is 0 Å². The van der Waals surface area contributed by atoms with E-state index >= 15 is 0 Å². The summed E-state index contributed by atoms with van der Waals surface area (Å²) in [5.41, 5.74) is -0.721. The minimum Gasteiger partial charge on any atom is -0.205 e. The number of hydrogen-bond donors (Lipinski definition) is 0. The van der Waals surface area contributed by atoms with Crippen LogP contribution in [0.3, 0.4) is 0 Å². The van der Waals surface area contributed by atoms with Crippen LogP contribution in [0.1, 0.15) is 27.2 Å². The molecule has 0 heterocycles. The first-order chi connectivity index (χ1) is 7.63. The molecule has 0 aliphatic rings. The predicted octanol–water partition coefficient (Wildman–Crippen LogP) is 5.11. The Bertz CT molecular complexity index is 318. The molecule has 0 radical (unpaired) electrons. The topological polar surface area (TPSA) is 0 Å². The van der Waals surface area contributed by atoms with Gasteiger partial charge in [0.25, 0.3) is 0 Å². The highest BCUT2D eigenvalue weighted by molar-refractivity contribution is 5.13. The minimum atomic E-state index is -6.52. The van der Waals surface area contributed by atoms with Crippen molar-refractivity contribution in [3.63, 3.8) is 0 Å². The van der Waals surface area contributed by atoms with E-state index < -0.39 is 35.7 Å². The first-order valence-corrected chi connectivity index (χ1v) is 4.81. The molecule has 0 rings (SSSR count). The maximum absolute atomic E-state index is 12.9. The molecule has 0 amide bonds. The highest BCUT2D eigenvalue weighted by Crippen LogP contribution is 2.50. The van der Waals surface area contributed by atoms with Gasteiger partial charge in [-0.05, 0) is 17.9 Å². The van der Waals surface area contributed by atoms with Crippen LogP contribution in [0.25, 0.3) is 0 Å². The summed E-state index contributed by atoms with van der Waals surface area (Å²) in [7, 11) is 0. The van der Waals surface area contributed by atoms with Gasteiger partial charge in [0, 0.05) is 0 Å². The molecule has 0 atom stereocenters. The van der Waals surface area contributed by atoms with Crippen LogP contribution in [-0.2, 0) is 0 Å². The summed E-state index contributed by atoms with van der Waals surface area (Å²) in [6.45, 7) is 4.45. The molecule has 108 valence electrons. The molecule has 0 aromatic heterocycles. The maximum Gasteiger partial charge on any atom is 0.460 e. The third-order valence-corrected chi connectivity index (χ3v) is 1.94. The van der Waals surface area contributed by atoms with Crippen LogP contribution in [0.2, 0.25) is 0 Å². The van der Waals surface area contributed by atoms with Crippen molar-refractivity contribution in [1.29, 1.82) is 0 Å². The zero-order valence-corrected chi connectivity index (χ0v) is 9.81. The normalized spacial score (nSPS) is 16.1. The van der Waals surface area contributed by atoms with Crippen molar-refractivity contribution in [3.05, 3.63) is 11.9 Å². The second-order valence-corrected chi connectivity index (χ2v) is 4.96. The molecule has 0 aliphatic heterocycles. The van der Waals surface area contributed by atoms with Gasteiger partial charge in [0.05, 0.1) is 0 Å². The lowest BCUT2D eigenvalue weighted by atomic mass is 9.91. The van der Waals surface area contributed by atoms with Crippen LogP contribution in [0.15, 0.2) is 11.9 Å². The Kier molecular flexibility index (Phi) is 4.48. The van der Waals surface area contributed by atoms with E-state index in [1.54, 1.807) is 0 Å². The maximum atomic E-state index is 12.9. The lowest BCUT2D eigenvalue weighted by molar-refractivity contribution is -0.347. The summed E-state index contributed by atoms with van der Waals surface area (Å²) in [6, 6.07) is 0. The zero-order chi connectivity index (χ0) is 15.0. The monoisotopic (exact) mass is 284 g/mol. The van der Waals surface area contributed by atoms with Crippen LogP contribution in [0, 0.1) is 5.41 Å². The average molecular weight is 284 g/mol. The van der Waals surface area contributed by atoms with Crippen LogP contribution < -0.4 is 0 Å². The SMILES string of the molecule is CC(C)(C)CC=C(F)C(F)(F)C(F)(F)C(F)(F)F. The van der Waals surface area contributed by atoms with Crippen molar-refractivity contribution >= 4 is 0 Å². The fourth-order valence-electron chi connectivity index (χ4n) is 0.852. The summed E-state index contributed by atoms with van der Waals surface area (Å²) in [5.74, 6) is -15.1. The summed E-state index contributed by atoms with van der Waals surface area (Å²) in [4.78, 5) is 0. The van der Waals surface area contributed by atoms with E-state index in [1.165, 1.54) is 20.8 Å². The molecular formula is C10H12F8. The van der Waals surface area contributed by atoms with Gasteiger partial charge in [0.15, 0.2) is 5.83 Å². The Morgan fingerprint density at radius 3 is 1.56 bits per heavy atom. The lowest BCUT2D eigenvalue weighted by Crippen LogP contribution is -2.52. The number of halogens is 8. The molecule has 0 aromatic rings. The van der Waals surface area contributed by atoms with Crippen molar-refractivity contribution in [2.45, 2.75) is 45.2 Å². The summed E-state index contributed by atoms with van der Waals surface area (Å²) >= 11 is 0. The van der Waals surface area contributed by atoms with Crippen molar-refractivity contribution in [1.82, 2.24) is 0 Å². The summed E-state index contributed by atoms with van der Waals surface area (Å²) in [6.07, 6.45) is -6.87. The second-order valence-electron chi connectivity index (χ2n) is 4.96. The Labute approximate surface area is 98.7 Å². The van der Waals surface area contributed by atoms with Crippen LogP contribution in [0.4, 0.5) is 35.1 Å². The predicted molar refractivity (Wildman–Crippen MR) is 49.2 cm³/mol. The smallest absolute Gasteiger partial charge is 0.205 e. The van der Waals surface area contributed by atoms with Crippen molar-refractivity contribution in [3.8, 4) is 0 Å². The molecule has 0 aromatic carbocycles. The summed E-state index contributed by atoms with van der Waals surface area (Å²) < 4.78 is 98.4. The molecule has 0 aliphatic carbocycles. The van der Waals surface area contributed by atoms with E-state index in [2.05, 4.69) is 0 Å². The minimum absolute atomic E-state index is 0.0552. The second kappa shape index (κ2) is 4.70. The number of hydrogen-bond acceptors (Lipinski definition) is 0. The quantitative estimate of drug-likeness (QED) is 0.632. The molecule has 0 N–H and O–H groups in total. The Morgan fingerprint density at radius 2 is 1.28 bits per heavy atom. The van der Waals surface area contributed by atoms with Gasteiger partial charge in [0.2, 0.25) is 0 Å². The van der Waals surface area contributed by atoms with Crippen LogP contribution in [0.5, 0.6) is 0 Å². The molecule has 8 heteroatoms. The molecule has 0 nitrogen and oxygen atoms in total. The largest absolute Gasteiger partial charge is 0.460 e. The molecular weight excluding hydrogens is 272 g/mol. The van der Waals surface area contributed by atoms with Gasteiger partial charge >= 0.3 is 18.0 Å². The van der Waals surface area contributed by atoms with Crippen LogP contribution >= 0.6 is 0 Å². The van der Waals surface area contributed by atoms with E-state index in [1.807, 2.05) is 0 Å². The fraction of sp³-hybridized carbons (Fsp3) is 0.800. The number of alkyl halides is 7. The fourth-order valence-corrected chi connectivity index (χ4v) is 0.852. The first-order valence-electron chi connectivity index (χ1n) is 4.81. The molecule has 0 saturated heterocycles. The third kappa shape index (κ3) is 3.58. The van der Waals surface area contributed by atoms with E-state index in [9.17, 15) is 35.1 Å². The van der Waals surface area contributed by atoms with Crippen molar-refractivity contribution in [2.75, 3.05) is 0 Å². The van der Waals surface area contributed by atoms with Crippen molar-refractivity contribution in [2.24, 2.45) is 5.41 Å². The van der Waals surface area contributed by atoms with Gasteiger partial charge in [-0.3, -0.25) is 0 Å². The Hall–Kier alpha value is -0.820. The van der Waals surface area contributed by atoms with Crippen LogP contribution in [-0.4, -0.2) is 18.0 Å². The van der Waals surface area contributed by atoms with E-state index in [0.717, 1.165) is 0 Å². The van der Waals surface area contributed by atoms with Gasteiger partial charge in [-0.15, -0.1) is 0 Å². The zero-order valence-electron chi connectivity index (χ0n) is 9.81.